The molecule has 0 bridgehead atoms. The molecule has 1 amide bonds. The second-order valence-corrected chi connectivity index (χ2v) is 8.53. The summed E-state index contributed by atoms with van der Waals surface area (Å²) in [5, 5.41) is 0. The number of aryl methyl sites for hydroxylation is 1. The second kappa shape index (κ2) is 6.94. The Bertz CT molecular complexity index is 1020. The Morgan fingerprint density at radius 2 is 1.89 bits per heavy atom. The Labute approximate surface area is 158 Å². The highest BCUT2D eigenvalue weighted by Gasteiger charge is 2.42. The van der Waals surface area contributed by atoms with Crippen LogP contribution in [0.3, 0.4) is 0 Å². The predicted octanol–water partition coefficient (Wildman–Crippen LogP) is 2.34. The van der Waals surface area contributed by atoms with Crippen molar-refractivity contribution in [3.63, 3.8) is 0 Å². The zero-order valence-electron chi connectivity index (χ0n) is 15.7. The molecule has 7 nitrogen and oxygen atoms in total. The molecule has 0 fully saturated rings. The number of carbonyl (C=O) groups excluding carboxylic acids is 2. The molecule has 0 saturated heterocycles. The van der Waals surface area contributed by atoms with Gasteiger partial charge in [0.05, 0.1) is 18.2 Å². The van der Waals surface area contributed by atoms with Crippen molar-refractivity contribution in [3.05, 3.63) is 52.8 Å². The van der Waals surface area contributed by atoms with Gasteiger partial charge in [-0.15, -0.1) is 0 Å². The average Bonchev–Trinajstić information content (AvgIpc) is 3.02. The van der Waals surface area contributed by atoms with Crippen LogP contribution in [0.2, 0.25) is 0 Å². The molecule has 1 aromatic carbocycles. The van der Waals surface area contributed by atoms with Crippen molar-refractivity contribution in [2.24, 2.45) is 0 Å². The minimum Gasteiger partial charge on any atom is -0.383 e. The minimum atomic E-state index is -4.00. The molecule has 0 radical (unpaired) electrons. The van der Waals surface area contributed by atoms with Gasteiger partial charge in [-0.3, -0.25) is 9.59 Å². The van der Waals surface area contributed by atoms with Crippen molar-refractivity contribution in [1.82, 2.24) is 8.87 Å². The monoisotopic (exact) mass is 390 g/mol. The molecule has 0 spiro atoms. The summed E-state index contributed by atoms with van der Waals surface area (Å²) < 4.78 is 33.1. The third-order valence-corrected chi connectivity index (χ3v) is 6.62. The lowest BCUT2D eigenvalue weighted by atomic mass is 10.1. The fraction of sp³-hybridized carbons (Fsp3) is 0.368. The van der Waals surface area contributed by atoms with Crippen LogP contribution in [-0.4, -0.2) is 49.2 Å². The standard InChI is InChI=1S/C19H22N2O5S/c1-12-9-16(14(3)21(12)13(2)11-26-4)17(22)10-20-19(23)15-7-5-6-8-18(15)27(20,24)25/h5-9,13H,10-11H2,1-4H3. The SMILES string of the molecule is COCC(C)n1c(C)cc(C(=O)CN2C(=O)c3ccccc3S2(=O)=O)c1C. The average molecular weight is 390 g/mol. The number of ether oxygens (including phenoxy) is 1. The van der Waals surface area contributed by atoms with Gasteiger partial charge in [0.2, 0.25) is 0 Å². The van der Waals surface area contributed by atoms with E-state index in [0.29, 0.717) is 16.5 Å². The maximum atomic E-state index is 12.8. The normalized spacial score (nSPS) is 16.4. The Kier molecular flexibility index (Phi) is 4.96. The third-order valence-electron chi connectivity index (χ3n) is 4.83. The smallest absolute Gasteiger partial charge is 0.269 e. The molecule has 8 heteroatoms. The molecule has 0 aliphatic carbocycles. The van der Waals surface area contributed by atoms with Crippen molar-refractivity contribution < 1.29 is 22.7 Å². The topological polar surface area (TPSA) is 85.7 Å². The summed E-state index contributed by atoms with van der Waals surface area (Å²) in [5.74, 6) is -1.08. The molecule has 1 unspecified atom stereocenters. The summed E-state index contributed by atoms with van der Waals surface area (Å²) in [6, 6.07) is 7.74. The highest BCUT2D eigenvalue weighted by Crippen LogP contribution is 2.30. The van der Waals surface area contributed by atoms with Crippen LogP contribution < -0.4 is 0 Å². The van der Waals surface area contributed by atoms with Gasteiger partial charge in [0, 0.05) is 24.1 Å². The molecule has 1 aliphatic rings. The number of benzene rings is 1. The summed E-state index contributed by atoms with van der Waals surface area (Å²) in [6.07, 6.45) is 0. The van der Waals surface area contributed by atoms with Crippen molar-refractivity contribution in [1.29, 1.82) is 0 Å². The lowest BCUT2D eigenvalue weighted by Gasteiger charge is -2.18. The molecule has 1 atom stereocenters. The van der Waals surface area contributed by atoms with Crippen molar-refractivity contribution in [3.8, 4) is 0 Å². The van der Waals surface area contributed by atoms with E-state index >= 15 is 0 Å². The second-order valence-electron chi connectivity index (χ2n) is 6.70. The molecular weight excluding hydrogens is 368 g/mol. The zero-order chi connectivity index (χ0) is 19.9. The van der Waals surface area contributed by atoms with E-state index in [0.717, 1.165) is 11.4 Å². The molecule has 2 heterocycles. The van der Waals surface area contributed by atoms with Crippen LogP contribution in [0, 0.1) is 13.8 Å². The van der Waals surface area contributed by atoms with Gasteiger partial charge in [0.15, 0.2) is 5.78 Å². The van der Waals surface area contributed by atoms with E-state index in [9.17, 15) is 18.0 Å². The number of aromatic nitrogens is 1. The lowest BCUT2D eigenvalue weighted by Crippen LogP contribution is -2.35. The molecule has 0 N–H and O–H groups in total. The van der Waals surface area contributed by atoms with Gasteiger partial charge in [0.1, 0.15) is 11.4 Å². The van der Waals surface area contributed by atoms with E-state index < -0.39 is 28.3 Å². The van der Waals surface area contributed by atoms with Crippen LogP contribution in [0.1, 0.15) is 45.1 Å². The first-order valence-corrected chi connectivity index (χ1v) is 10.0. The predicted molar refractivity (Wildman–Crippen MR) is 99.5 cm³/mol. The van der Waals surface area contributed by atoms with Gasteiger partial charge in [-0.25, -0.2) is 12.7 Å². The summed E-state index contributed by atoms with van der Waals surface area (Å²) >= 11 is 0. The van der Waals surface area contributed by atoms with Gasteiger partial charge >= 0.3 is 0 Å². The highest BCUT2D eigenvalue weighted by atomic mass is 32.2. The van der Waals surface area contributed by atoms with E-state index in [2.05, 4.69) is 0 Å². The van der Waals surface area contributed by atoms with Crippen molar-refractivity contribution in [2.75, 3.05) is 20.3 Å². The van der Waals surface area contributed by atoms with Crippen LogP contribution in [0.4, 0.5) is 0 Å². The Hall–Kier alpha value is -2.45. The van der Waals surface area contributed by atoms with Gasteiger partial charge in [0.25, 0.3) is 15.9 Å². The Morgan fingerprint density at radius 1 is 1.22 bits per heavy atom. The summed E-state index contributed by atoms with van der Waals surface area (Å²) in [4.78, 5) is 25.3. The van der Waals surface area contributed by atoms with Crippen LogP contribution in [-0.2, 0) is 14.8 Å². The number of fused-ring (bicyclic) bond motifs is 1. The third kappa shape index (κ3) is 3.08. The van der Waals surface area contributed by atoms with Gasteiger partial charge in [-0.1, -0.05) is 12.1 Å². The first kappa shape index (κ1) is 19.3. The number of carbonyl (C=O) groups is 2. The quantitative estimate of drug-likeness (QED) is 0.707. The number of rotatable bonds is 6. The number of hydrogen-bond donors (Lipinski definition) is 0. The summed E-state index contributed by atoms with van der Waals surface area (Å²) in [7, 11) is -2.39. The van der Waals surface area contributed by atoms with Crippen molar-refractivity contribution >= 4 is 21.7 Å². The van der Waals surface area contributed by atoms with Crippen molar-refractivity contribution in [2.45, 2.75) is 31.7 Å². The van der Waals surface area contributed by atoms with E-state index in [-0.39, 0.29) is 16.5 Å². The molecule has 27 heavy (non-hydrogen) atoms. The van der Waals surface area contributed by atoms with E-state index in [1.54, 1.807) is 32.2 Å². The Morgan fingerprint density at radius 3 is 2.52 bits per heavy atom. The number of methoxy groups -OCH3 is 1. The molecule has 3 rings (SSSR count). The van der Waals surface area contributed by atoms with Crippen LogP contribution in [0.15, 0.2) is 35.2 Å². The first-order chi connectivity index (χ1) is 12.7. The van der Waals surface area contributed by atoms with Gasteiger partial charge in [-0.05, 0) is 39.0 Å². The van der Waals surface area contributed by atoms with Gasteiger partial charge < -0.3 is 9.30 Å². The first-order valence-electron chi connectivity index (χ1n) is 8.56. The largest absolute Gasteiger partial charge is 0.383 e. The van der Waals surface area contributed by atoms with Crippen LogP contribution in [0.25, 0.3) is 0 Å². The highest BCUT2D eigenvalue weighted by molar-refractivity contribution is 7.90. The number of nitrogens with zero attached hydrogens (tertiary/aromatic N) is 2. The molecular formula is C19H22N2O5S. The number of sulfonamides is 1. The molecule has 144 valence electrons. The summed E-state index contributed by atoms with van der Waals surface area (Å²) in [5.41, 5.74) is 2.11. The number of ketones is 1. The molecule has 0 saturated carbocycles. The lowest BCUT2D eigenvalue weighted by molar-refractivity contribution is 0.0820. The van der Waals surface area contributed by atoms with E-state index in [1.807, 2.05) is 18.4 Å². The van der Waals surface area contributed by atoms with Gasteiger partial charge in [-0.2, -0.15) is 0 Å². The maximum absolute atomic E-state index is 12.8. The molecule has 2 aromatic rings. The number of Topliss-reactive ketones (excluding diaryl/α,β-unsaturated/α-hetero) is 1. The van der Waals surface area contributed by atoms with Crippen LogP contribution in [0.5, 0.6) is 0 Å². The maximum Gasteiger partial charge on any atom is 0.269 e. The van der Waals surface area contributed by atoms with Crippen LogP contribution >= 0.6 is 0 Å². The number of amides is 1. The number of hydrogen-bond acceptors (Lipinski definition) is 5. The fourth-order valence-electron chi connectivity index (χ4n) is 3.66. The zero-order valence-corrected chi connectivity index (χ0v) is 16.5. The van der Waals surface area contributed by atoms with E-state index in [4.69, 9.17) is 4.74 Å². The molecule has 1 aromatic heterocycles. The van der Waals surface area contributed by atoms with E-state index in [1.165, 1.54) is 12.1 Å². The molecule has 1 aliphatic heterocycles. The summed E-state index contributed by atoms with van der Waals surface area (Å²) in [6.45, 7) is 5.63. The Balaban J connectivity index is 1.91. The minimum absolute atomic E-state index is 0.0259. The fourth-order valence-corrected chi connectivity index (χ4v) is 5.18.